The summed E-state index contributed by atoms with van der Waals surface area (Å²) in [6, 6.07) is 0. The second-order valence-electron chi connectivity index (χ2n) is 2.88. The summed E-state index contributed by atoms with van der Waals surface area (Å²) in [5, 5.41) is 3.92. The van der Waals surface area contributed by atoms with E-state index in [2.05, 4.69) is 5.16 Å². The van der Waals surface area contributed by atoms with Crippen LogP contribution in [0.5, 0.6) is 0 Å². The maximum atomic E-state index is 5.14. The Morgan fingerprint density at radius 3 is 2.90 bits per heavy atom. The van der Waals surface area contributed by atoms with Crippen LogP contribution in [-0.4, -0.2) is 5.16 Å². The van der Waals surface area contributed by atoms with Gasteiger partial charge < -0.3 is 4.52 Å². The van der Waals surface area contributed by atoms with Gasteiger partial charge in [-0.15, -0.1) is 0 Å². The van der Waals surface area contributed by atoms with Gasteiger partial charge in [-0.25, -0.2) is 0 Å². The molecule has 0 bridgehead atoms. The number of nitrogens with zero attached hydrogens (tertiary/aromatic N) is 1. The van der Waals surface area contributed by atoms with Crippen molar-refractivity contribution in [3.8, 4) is 0 Å². The lowest BCUT2D eigenvalue weighted by atomic mass is 9.97. The Kier molecular flexibility index (Phi) is 1.26. The van der Waals surface area contributed by atoms with E-state index in [0.29, 0.717) is 0 Å². The molecule has 1 aromatic rings. The first kappa shape index (κ1) is 5.96. The van der Waals surface area contributed by atoms with Gasteiger partial charge in [0.25, 0.3) is 0 Å². The average molecular weight is 137 g/mol. The molecule has 2 heteroatoms. The Labute approximate surface area is 60.2 Å². The summed E-state index contributed by atoms with van der Waals surface area (Å²) in [5.41, 5.74) is 2.46. The van der Waals surface area contributed by atoms with Crippen LogP contribution in [0.2, 0.25) is 0 Å². The lowest BCUT2D eigenvalue weighted by molar-refractivity contribution is 0.369. The van der Waals surface area contributed by atoms with E-state index in [9.17, 15) is 0 Å². The number of rotatable bonds is 0. The lowest BCUT2D eigenvalue weighted by Crippen LogP contribution is -1.99. The molecule has 2 nitrogen and oxygen atoms in total. The molecule has 0 aromatic carbocycles. The van der Waals surface area contributed by atoms with Crippen LogP contribution in [0, 0.1) is 6.92 Å². The van der Waals surface area contributed by atoms with Gasteiger partial charge in [0.1, 0.15) is 5.76 Å². The Bertz CT molecular complexity index is 239. The second-order valence-corrected chi connectivity index (χ2v) is 2.88. The van der Waals surface area contributed by atoms with Gasteiger partial charge in [-0.3, -0.25) is 0 Å². The molecular formula is C8H11NO. The van der Waals surface area contributed by atoms with E-state index < -0.39 is 0 Å². The van der Waals surface area contributed by atoms with Crippen molar-refractivity contribution >= 4 is 0 Å². The number of fused-ring (bicyclic) bond motifs is 1. The Morgan fingerprint density at radius 2 is 2.10 bits per heavy atom. The molecule has 1 aliphatic carbocycles. The molecule has 1 aromatic heterocycles. The van der Waals surface area contributed by atoms with Crippen LogP contribution in [0.4, 0.5) is 0 Å². The summed E-state index contributed by atoms with van der Waals surface area (Å²) < 4.78 is 5.14. The molecular weight excluding hydrogens is 126 g/mol. The van der Waals surface area contributed by atoms with Crippen LogP contribution in [-0.2, 0) is 12.8 Å². The highest BCUT2D eigenvalue weighted by atomic mass is 16.5. The molecule has 0 atom stereocenters. The largest absolute Gasteiger partial charge is 0.361 e. The molecule has 0 amide bonds. The number of aromatic nitrogens is 1. The van der Waals surface area contributed by atoms with Crippen molar-refractivity contribution in [1.82, 2.24) is 5.16 Å². The average Bonchev–Trinajstić information content (AvgIpc) is 2.34. The topological polar surface area (TPSA) is 26.0 Å². The van der Waals surface area contributed by atoms with Gasteiger partial charge in [0.05, 0.1) is 5.69 Å². The molecule has 0 saturated carbocycles. The van der Waals surface area contributed by atoms with Crippen molar-refractivity contribution in [2.45, 2.75) is 32.6 Å². The fourth-order valence-corrected chi connectivity index (χ4v) is 1.54. The van der Waals surface area contributed by atoms with Crippen LogP contribution in [0.25, 0.3) is 0 Å². The highest BCUT2D eigenvalue weighted by Gasteiger charge is 2.15. The minimum Gasteiger partial charge on any atom is -0.361 e. The van der Waals surface area contributed by atoms with Crippen LogP contribution in [0.1, 0.15) is 29.9 Å². The van der Waals surface area contributed by atoms with Crippen LogP contribution < -0.4 is 0 Å². The fourth-order valence-electron chi connectivity index (χ4n) is 1.54. The zero-order valence-corrected chi connectivity index (χ0v) is 6.18. The summed E-state index contributed by atoms with van der Waals surface area (Å²) in [7, 11) is 0. The molecule has 0 N–H and O–H groups in total. The first-order chi connectivity index (χ1) is 4.88. The molecule has 0 saturated heterocycles. The molecule has 0 fully saturated rings. The SMILES string of the molecule is Cc1noc2c1CCCC2. The van der Waals surface area contributed by atoms with Crippen LogP contribution in [0.3, 0.4) is 0 Å². The van der Waals surface area contributed by atoms with E-state index in [4.69, 9.17) is 4.52 Å². The molecule has 2 rings (SSSR count). The summed E-state index contributed by atoms with van der Waals surface area (Å²) in [6.45, 7) is 2.02. The van der Waals surface area contributed by atoms with E-state index in [1.165, 1.54) is 24.8 Å². The van der Waals surface area contributed by atoms with Crippen LogP contribution >= 0.6 is 0 Å². The molecule has 1 heterocycles. The zero-order chi connectivity index (χ0) is 6.97. The van der Waals surface area contributed by atoms with Gasteiger partial charge in [0, 0.05) is 12.0 Å². The molecule has 54 valence electrons. The Morgan fingerprint density at radius 1 is 1.30 bits per heavy atom. The summed E-state index contributed by atoms with van der Waals surface area (Å²) >= 11 is 0. The normalized spacial score (nSPS) is 16.9. The van der Waals surface area contributed by atoms with Gasteiger partial charge in [0.15, 0.2) is 0 Å². The Hall–Kier alpha value is -0.790. The number of hydrogen-bond donors (Lipinski definition) is 0. The van der Waals surface area contributed by atoms with Gasteiger partial charge in [-0.05, 0) is 26.2 Å². The second kappa shape index (κ2) is 2.11. The highest BCUT2D eigenvalue weighted by molar-refractivity contribution is 5.23. The van der Waals surface area contributed by atoms with Crippen molar-refractivity contribution in [2.75, 3.05) is 0 Å². The highest BCUT2D eigenvalue weighted by Crippen LogP contribution is 2.22. The third-order valence-corrected chi connectivity index (χ3v) is 2.15. The van der Waals surface area contributed by atoms with Crippen molar-refractivity contribution in [3.63, 3.8) is 0 Å². The molecule has 0 radical (unpaired) electrons. The first-order valence-corrected chi connectivity index (χ1v) is 3.82. The van der Waals surface area contributed by atoms with Crippen molar-refractivity contribution in [1.29, 1.82) is 0 Å². The quantitative estimate of drug-likeness (QED) is 0.545. The summed E-state index contributed by atoms with van der Waals surface area (Å²) in [4.78, 5) is 0. The van der Waals surface area contributed by atoms with Gasteiger partial charge in [-0.1, -0.05) is 5.16 Å². The number of hydrogen-bond acceptors (Lipinski definition) is 2. The fraction of sp³-hybridized carbons (Fsp3) is 0.625. The molecule has 0 aliphatic heterocycles. The molecule has 10 heavy (non-hydrogen) atoms. The van der Waals surface area contributed by atoms with Crippen molar-refractivity contribution < 1.29 is 4.52 Å². The molecule has 0 spiro atoms. The standard InChI is InChI=1S/C8H11NO/c1-6-7-4-2-3-5-8(7)10-9-6/h2-5H2,1H3. The lowest BCUT2D eigenvalue weighted by Gasteiger charge is -2.06. The zero-order valence-electron chi connectivity index (χ0n) is 6.18. The predicted molar refractivity (Wildman–Crippen MR) is 37.9 cm³/mol. The number of aryl methyl sites for hydroxylation is 2. The third kappa shape index (κ3) is 0.753. The van der Waals surface area contributed by atoms with E-state index in [0.717, 1.165) is 17.9 Å². The van der Waals surface area contributed by atoms with Gasteiger partial charge >= 0.3 is 0 Å². The maximum Gasteiger partial charge on any atom is 0.140 e. The minimum atomic E-state index is 1.09. The third-order valence-electron chi connectivity index (χ3n) is 2.15. The molecule has 1 aliphatic rings. The summed E-state index contributed by atoms with van der Waals surface area (Å²) in [5.74, 6) is 1.13. The van der Waals surface area contributed by atoms with Crippen molar-refractivity contribution in [3.05, 3.63) is 17.0 Å². The smallest absolute Gasteiger partial charge is 0.140 e. The van der Waals surface area contributed by atoms with E-state index >= 15 is 0 Å². The molecule has 0 unspecified atom stereocenters. The predicted octanol–water partition coefficient (Wildman–Crippen LogP) is 1.86. The summed E-state index contributed by atoms with van der Waals surface area (Å²) in [6.07, 6.45) is 4.83. The van der Waals surface area contributed by atoms with Crippen molar-refractivity contribution in [2.24, 2.45) is 0 Å². The Balaban J connectivity index is 2.45. The van der Waals surface area contributed by atoms with Gasteiger partial charge in [0.2, 0.25) is 0 Å². The minimum absolute atomic E-state index is 1.09. The monoisotopic (exact) mass is 137 g/mol. The van der Waals surface area contributed by atoms with Gasteiger partial charge in [-0.2, -0.15) is 0 Å². The van der Waals surface area contributed by atoms with E-state index in [1.54, 1.807) is 0 Å². The maximum absolute atomic E-state index is 5.14. The first-order valence-electron chi connectivity index (χ1n) is 3.82. The van der Waals surface area contributed by atoms with Crippen LogP contribution in [0.15, 0.2) is 4.52 Å². The van der Waals surface area contributed by atoms with E-state index in [-0.39, 0.29) is 0 Å². The van der Waals surface area contributed by atoms with E-state index in [1.807, 2.05) is 6.92 Å².